The van der Waals surface area contributed by atoms with Gasteiger partial charge in [0.1, 0.15) is 18.1 Å². The Hall–Kier alpha value is -2.77. The van der Waals surface area contributed by atoms with Crippen molar-refractivity contribution in [2.24, 2.45) is 17.4 Å². The van der Waals surface area contributed by atoms with E-state index < -0.39 is 61.0 Å². The first kappa shape index (κ1) is 29.3. The van der Waals surface area contributed by atoms with E-state index in [0.717, 1.165) is 0 Å². The molecule has 34 heavy (non-hydrogen) atoms. The lowest BCUT2D eigenvalue weighted by Gasteiger charge is -2.29. The Morgan fingerprint density at radius 3 is 2.32 bits per heavy atom. The number of aliphatic carboxylic acids is 1. The molecule has 0 spiro atoms. The van der Waals surface area contributed by atoms with Crippen molar-refractivity contribution in [3.05, 3.63) is 0 Å². The summed E-state index contributed by atoms with van der Waals surface area (Å²) in [6.45, 7) is 3.10. The molecule has 1 rings (SSSR count). The van der Waals surface area contributed by atoms with Gasteiger partial charge in [-0.2, -0.15) is 0 Å². The number of rotatable bonds is 14. The molecular formula is C21H38N6O7. The number of aliphatic hydroxyl groups is 1. The highest BCUT2D eigenvalue weighted by atomic mass is 16.4. The van der Waals surface area contributed by atoms with Crippen molar-refractivity contribution in [3.8, 4) is 0 Å². The summed E-state index contributed by atoms with van der Waals surface area (Å²) in [4.78, 5) is 62.4. The van der Waals surface area contributed by atoms with Crippen LogP contribution in [0.25, 0.3) is 0 Å². The molecule has 0 aromatic heterocycles. The van der Waals surface area contributed by atoms with Crippen LogP contribution in [0.2, 0.25) is 0 Å². The number of aliphatic hydroxyl groups excluding tert-OH is 1. The Balaban J connectivity index is 2.62. The number of unbranched alkanes of at least 4 members (excludes halogenated alkanes) is 1. The summed E-state index contributed by atoms with van der Waals surface area (Å²) in [5, 5.41) is 25.8. The predicted octanol–water partition coefficient (Wildman–Crippen LogP) is -2.75. The fourth-order valence-corrected chi connectivity index (χ4v) is 3.53. The molecular weight excluding hydrogens is 448 g/mol. The second-order valence-electron chi connectivity index (χ2n) is 8.66. The van der Waals surface area contributed by atoms with Crippen LogP contribution in [0.15, 0.2) is 0 Å². The van der Waals surface area contributed by atoms with Gasteiger partial charge in [-0.3, -0.25) is 19.2 Å². The van der Waals surface area contributed by atoms with Gasteiger partial charge in [0.25, 0.3) is 0 Å². The van der Waals surface area contributed by atoms with Gasteiger partial charge in [-0.25, -0.2) is 4.79 Å². The third-order valence-electron chi connectivity index (χ3n) is 5.66. The average Bonchev–Trinajstić information content (AvgIpc) is 3.29. The summed E-state index contributed by atoms with van der Waals surface area (Å²) in [7, 11) is 0. The molecule has 0 saturated carbocycles. The summed E-state index contributed by atoms with van der Waals surface area (Å²) in [5.41, 5.74) is 11.3. The number of carbonyl (C=O) groups excluding carboxylic acids is 4. The maximum Gasteiger partial charge on any atom is 0.326 e. The second kappa shape index (κ2) is 14.5. The highest BCUT2D eigenvalue weighted by Gasteiger charge is 2.38. The van der Waals surface area contributed by atoms with Crippen LogP contribution < -0.4 is 27.4 Å². The molecule has 1 aliphatic heterocycles. The summed E-state index contributed by atoms with van der Waals surface area (Å²) < 4.78 is 0. The van der Waals surface area contributed by atoms with E-state index >= 15 is 0 Å². The van der Waals surface area contributed by atoms with Crippen molar-refractivity contribution in [2.45, 2.75) is 70.1 Å². The number of hydrogen-bond acceptors (Lipinski definition) is 8. The van der Waals surface area contributed by atoms with Crippen LogP contribution in [-0.4, -0.2) is 95.1 Å². The molecule has 1 fully saturated rings. The molecule has 0 aromatic rings. The molecule has 0 radical (unpaired) electrons. The monoisotopic (exact) mass is 486 g/mol. The van der Waals surface area contributed by atoms with Crippen molar-refractivity contribution in [2.75, 3.05) is 26.2 Å². The van der Waals surface area contributed by atoms with E-state index in [-0.39, 0.29) is 18.2 Å². The first-order chi connectivity index (χ1) is 16.0. The minimum Gasteiger partial charge on any atom is -0.480 e. The Bertz CT molecular complexity index is 732. The number of carboxylic acid groups (broad SMARTS) is 1. The molecule has 9 N–H and O–H groups in total. The highest BCUT2D eigenvalue weighted by Crippen LogP contribution is 2.20. The van der Waals surface area contributed by atoms with E-state index in [1.165, 1.54) is 4.90 Å². The number of carbonyl (C=O) groups is 5. The predicted molar refractivity (Wildman–Crippen MR) is 122 cm³/mol. The maximum absolute atomic E-state index is 12.7. The lowest BCUT2D eigenvalue weighted by molar-refractivity contribution is -0.142. The fourth-order valence-electron chi connectivity index (χ4n) is 3.53. The zero-order valence-electron chi connectivity index (χ0n) is 19.8. The zero-order chi connectivity index (χ0) is 25.8. The smallest absolute Gasteiger partial charge is 0.326 e. The van der Waals surface area contributed by atoms with E-state index in [0.29, 0.717) is 38.8 Å². The van der Waals surface area contributed by atoms with Gasteiger partial charge in [0.2, 0.25) is 23.6 Å². The fraction of sp³-hybridized carbons (Fsp3) is 0.762. The van der Waals surface area contributed by atoms with Crippen molar-refractivity contribution in [1.82, 2.24) is 20.9 Å². The van der Waals surface area contributed by atoms with Crippen LogP contribution in [0.1, 0.15) is 46.0 Å². The number of carboxylic acids is 1. The van der Waals surface area contributed by atoms with Gasteiger partial charge in [0.15, 0.2) is 0 Å². The maximum atomic E-state index is 12.7. The van der Waals surface area contributed by atoms with Crippen molar-refractivity contribution >= 4 is 29.6 Å². The first-order valence-corrected chi connectivity index (χ1v) is 11.5. The number of nitrogens with zero attached hydrogens (tertiary/aromatic N) is 1. The van der Waals surface area contributed by atoms with Gasteiger partial charge in [0, 0.05) is 6.54 Å². The number of likely N-dealkylation sites (tertiary alicyclic amines) is 1. The average molecular weight is 487 g/mol. The van der Waals surface area contributed by atoms with Gasteiger partial charge in [-0.1, -0.05) is 13.8 Å². The van der Waals surface area contributed by atoms with E-state index in [4.69, 9.17) is 11.5 Å². The van der Waals surface area contributed by atoms with Crippen LogP contribution in [0.5, 0.6) is 0 Å². The normalized spacial score (nSPS) is 18.2. The van der Waals surface area contributed by atoms with E-state index in [2.05, 4.69) is 16.0 Å². The van der Waals surface area contributed by atoms with Crippen LogP contribution in [-0.2, 0) is 24.0 Å². The summed E-state index contributed by atoms with van der Waals surface area (Å²) in [6, 6.07) is -4.04. The third kappa shape index (κ3) is 8.88. The Morgan fingerprint density at radius 2 is 1.76 bits per heavy atom. The van der Waals surface area contributed by atoms with Gasteiger partial charge in [0.05, 0.1) is 19.2 Å². The van der Waals surface area contributed by atoms with Crippen molar-refractivity contribution < 1.29 is 34.2 Å². The molecule has 0 unspecified atom stereocenters. The minimum absolute atomic E-state index is 0.111. The molecule has 13 heteroatoms. The summed E-state index contributed by atoms with van der Waals surface area (Å²) >= 11 is 0. The third-order valence-corrected chi connectivity index (χ3v) is 5.66. The van der Waals surface area contributed by atoms with Crippen LogP contribution >= 0.6 is 0 Å². The molecule has 1 saturated heterocycles. The van der Waals surface area contributed by atoms with Crippen molar-refractivity contribution in [3.63, 3.8) is 0 Å². The number of amides is 4. The molecule has 4 atom stereocenters. The topological polar surface area (TPSA) is 217 Å². The molecule has 0 bridgehead atoms. The number of nitrogens with two attached hydrogens (primary N) is 2. The Morgan fingerprint density at radius 1 is 1.09 bits per heavy atom. The minimum atomic E-state index is -1.35. The SMILES string of the molecule is CC(C)[C@H](N)C(=O)N1CCC[C@H]1C(=O)N[C@@H](CO)C(=O)NCC(=O)N[C@@H](CCCCN)C(=O)O. The van der Waals surface area contributed by atoms with Gasteiger partial charge >= 0.3 is 5.97 Å². The second-order valence-corrected chi connectivity index (χ2v) is 8.66. The van der Waals surface area contributed by atoms with Crippen LogP contribution in [0.3, 0.4) is 0 Å². The van der Waals surface area contributed by atoms with Crippen LogP contribution in [0, 0.1) is 5.92 Å². The molecule has 4 amide bonds. The largest absolute Gasteiger partial charge is 0.480 e. The molecule has 13 nitrogen and oxygen atoms in total. The van der Waals surface area contributed by atoms with Gasteiger partial charge in [-0.05, 0) is 44.6 Å². The van der Waals surface area contributed by atoms with E-state index in [9.17, 15) is 34.2 Å². The quantitative estimate of drug-likeness (QED) is 0.126. The molecule has 1 aliphatic rings. The zero-order valence-corrected chi connectivity index (χ0v) is 19.8. The molecule has 0 aliphatic carbocycles. The van der Waals surface area contributed by atoms with Crippen LogP contribution in [0.4, 0.5) is 0 Å². The van der Waals surface area contributed by atoms with Gasteiger partial charge < -0.3 is 42.5 Å². The van der Waals surface area contributed by atoms with Gasteiger partial charge in [-0.15, -0.1) is 0 Å². The Kier molecular flexibility index (Phi) is 12.5. The number of nitrogens with one attached hydrogen (secondary N) is 3. The summed E-state index contributed by atoms with van der Waals surface area (Å²) in [5.74, 6) is -3.83. The van der Waals surface area contributed by atoms with E-state index in [1.54, 1.807) is 13.8 Å². The summed E-state index contributed by atoms with van der Waals surface area (Å²) in [6.07, 6.45) is 2.31. The highest BCUT2D eigenvalue weighted by molar-refractivity contribution is 5.94. The number of hydrogen-bond donors (Lipinski definition) is 7. The van der Waals surface area contributed by atoms with Crippen molar-refractivity contribution in [1.29, 1.82) is 0 Å². The molecule has 0 aromatic carbocycles. The first-order valence-electron chi connectivity index (χ1n) is 11.5. The molecule has 194 valence electrons. The Labute approximate surface area is 199 Å². The lowest BCUT2D eigenvalue weighted by Crippen LogP contribution is -2.57. The lowest BCUT2D eigenvalue weighted by atomic mass is 10.0. The van der Waals surface area contributed by atoms with E-state index in [1.807, 2.05) is 0 Å². The standard InChI is InChI=1S/C21H38N6O7/c1-12(2)17(23)20(32)27-9-5-7-15(27)19(31)26-14(11-28)18(30)24-10-16(29)25-13(21(33)34)6-3-4-8-22/h12-15,17,28H,3-11,22-23H2,1-2H3,(H,24,30)(H,25,29)(H,26,31)(H,33,34)/t13-,14-,15-,17-/m0/s1. The molecule has 1 heterocycles.